The minimum Gasteiger partial charge on any atom is -0.340 e. The Labute approximate surface area is 125 Å². The van der Waals surface area contributed by atoms with Crippen LogP contribution in [0.2, 0.25) is 0 Å². The molecule has 3 nitrogen and oxygen atoms in total. The van der Waals surface area contributed by atoms with Crippen LogP contribution in [0.5, 0.6) is 0 Å². The molecule has 20 heavy (non-hydrogen) atoms. The fourth-order valence-electron chi connectivity index (χ4n) is 3.08. The third-order valence-electron chi connectivity index (χ3n) is 4.42. The molecule has 1 saturated heterocycles. The van der Waals surface area contributed by atoms with Crippen LogP contribution in [0, 0.1) is 5.92 Å². The van der Waals surface area contributed by atoms with E-state index in [0.29, 0.717) is 17.7 Å². The lowest BCUT2D eigenvalue weighted by Crippen LogP contribution is -2.49. The molecule has 2 aliphatic rings. The van der Waals surface area contributed by atoms with Gasteiger partial charge in [0.2, 0.25) is 5.91 Å². The van der Waals surface area contributed by atoms with Crippen LogP contribution in [0.25, 0.3) is 0 Å². The Morgan fingerprint density at radius 2 is 1.85 bits per heavy atom. The van der Waals surface area contributed by atoms with Crippen LogP contribution in [0.3, 0.4) is 0 Å². The molecule has 3 rings (SSSR count). The number of nitrogens with zero attached hydrogens (tertiary/aromatic N) is 2. The quantitative estimate of drug-likeness (QED) is 0.794. The molecular formula is C16H21ClN2O. The number of benzene rings is 1. The van der Waals surface area contributed by atoms with Crippen molar-refractivity contribution in [2.45, 2.75) is 12.3 Å². The predicted molar refractivity (Wildman–Crippen MR) is 81.0 cm³/mol. The van der Waals surface area contributed by atoms with E-state index in [9.17, 15) is 4.79 Å². The molecular weight excluding hydrogens is 272 g/mol. The van der Waals surface area contributed by atoms with Crippen LogP contribution in [0.4, 0.5) is 0 Å². The maximum Gasteiger partial charge on any atom is 0.226 e. The SMILES string of the molecule is O=C(C1CC1c1ccccc1)N1CCN(CCCl)CC1. The smallest absolute Gasteiger partial charge is 0.226 e. The molecule has 0 radical (unpaired) electrons. The van der Waals surface area contributed by atoms with Gasteiger partial charge in [0, 0.05) is 44.5 Å². The summed E-state index contributed by atoms with van der Waals surface area (Å²) in [6.07, 6.45) is 1.02. The van der Waals surface area contributed by atoms with Gasteiger partial charge in [0.15, 0.2) is 0 Å². The van der Waals surface area contributed by atoms with Gasteiger partial charge in [0.25, 0.3) is 0 Å². The Morgan fingerprint density at radius 3 is 2.50 bits per heavy atom. The number of carbonyl (C=O) groups excluding carboxylic acids is 1. The van der Waals surface area contributed by atoms with E-state index in [0.717, 1.165) is 39.1 Å². The largest absolute Gasteiger partial charge is 0.340 e. The zero-order chi connectivity index (χ0) is 13.9. The zero-order valence-electron chi connectivity index (χ0n) is 11.7. The summed E-state index contributed by atoms with van der Waals surface area (Å²) < 4.78 is 0. The summed E-state index contributed by atoms with van der Waals surface area (Å²) in [6.45, 7) is 4.56. The van der Waals surface area contributed by atoms with Gasteiger partial charge < -0.3 is 4.90 Å². The monoisotopic (exact) mass is 292 g/mol. The standard InChI is InChI=1S/C16H21ClN2O/c17-6-7-18-8-10-19(11-9-18)16(20)15-12-14(15)13-4-2-1-3-5-13/h1-5,14-15H,6-12H2. The van der Waals surface area contributed by atoms with Gasteiger partial charge in [0.05, 0.1) is 0 Å². The van der Waals surface area contributed by atoms with E-state index in [1.807, 2.05) is 11.0 Å². The van der Waals surface area contributed by atoms with Gasteiger partial charge in [-0.15, -0.1) is 11.6 Å². The molecule has 108 valence electrons. The number of amides is 1. The van der Waals surface area contributed by atoms with Crippen LogP contribution >= 0.6 is 11.6 Å². The molecule has 0 spiro atoms. The molecule has 0 aromatic heterocycles. The first-order chi connectivity index (χ1) is 9.79. The zero-order valence-corrected chi connectivity index (χ0v) is 12.4. The minimum atomic E-state index is 0.219. The topological polar surface area (TPSA) is 23.6 Å². The van der Waals surface area contributed by atoms with Crippen LogP contribution in [0.15, 0.2) is 30.3 Å². The average molecular weight is 293 g/mol. The highest BCUT2D eigenvalue weighted by molar-refractivity contribution is 6.18. The van der Waals surface area contributed by atoms with Crippen molar-refractivity contribution < 1.29 is 4.79 Å². The van der Waals surface area contributed by atoms with Gasteiger partial charge in [0.1, 0.15) is 0 Å². The molecule has 1 aromatic carbocycles. The first-order valence-corrected chi connectivity index (χ1v) is 7.95. The van der Waals surface area contributed by atoms with Gasteiger partial charge in [-0.2, -0.15) is 0 Å². The van der Waals surface area contributed by atoms with E-state index >= 15 is 0 Å². The second-order valence-corrected chi connectivity index (χ2v) is 6.09. The van der Waals surface area contributed by atoms with Crippen molar-refractivity contribution in [3.8, 4) is 0 Å². The molecule has 1 aliphatic heterocycles. The van der Waals surface area contributed by atoms with Crippen molar-refractivity contribution in [1.82, 2.24) is 9.80 Å². The number of alkyl halides is 1. The number of hydrogen-bond donors (Lipinski definition) is 0. The molecule has 4 heteroatoms. The molecule has 1 heterocycles. The molecule has 0 bridgehead atoms. The first-order valence-electron chi connectivity index (χ1n) is 7.41. The Bertz CT molecular complexity index is 457. The summed E-state index contributed by atoms with van der Waals surface area (Å²) in [5, 5.41) is 0. The Hall–Kier alpha value is -1.06. The summed E-state index contributed by atoms with van der Waals surface area (Å²) in [5.41, 5.74) is 1.31. The van der Waals surface area contributed by atoms with Crippen LogP contribution in [-0.4, -0.2) is 54.3 Å². The van der Waals surface area contributed by atoms with Crippen LogP contribution in [0.1, 0.15) is 17.9 Å². The third-order valence-corrected chi connectivity index (χ3v) is 4.59. The minimum absolute atomic E-state index is 0.219. The molecule has 1 aliphatic carbocycles. The van der Waals surface area contributed by atoms with Crippen molar-refractivity contribution in [1.29, 1.82) is 0 Å². The summed E-state index contributed by atoms with van der Waals surface area (Å²) in [7, 11) is 0. The van der Waals surface area contributed by atoms with Gasteiger partial charge in [-0.3, -0.25) is 9.69 Å². The molecule has 1 saturated carbocycles. The summed E-state index contributed by atoms with van der Waals surface area (Å²) in [6, 6.07) is 10.4. The first kappa shape index (κ1) is 13.9. The van der Waals surface area contributed by atoms with Gasteiger partial charge in [-0.05, 0) is 17.9 Å². The lowest BCUT2D eigenvalue weighted by molar-refractivity contribution is -0.134. The summed E-state index contributed by atoms with van der Waals surface area (Å²) in [5.74, 6) is 1.69. The van der Waals surface area contributed by atoms with Gasteiger partial charge >= 0.3 is 0 Å². The summed E-state index contributed by atoms with van der Waals surface area (Å²) >= 11 is 5.76. The fourth-order valence-corrected chi connectivity index (χ4v) is 3.32. The second kappa shape index (κ2) is 6.15. The van der Waals surface area contributed by atoms with Gasteiger partial charge in [-0.25, -0.2) is 0 Å². The van der Waals surface area contributed by atoms with Crippen molar-refractivity contribution in [2.24, 2.45) is 5.92 Å². The van der Waals surface area contributed by atoms with E-state index in [4.69, 9.17) is 11.6 Å². The molecule has 1 aromatic rings. The number of halogens is 1. The average Bonchev–Trinajstić information content (AvgIpc) is 3.29. The van der Waals surface area contributed by atoms with Crippen LogP contribution < -0.4 is 0 Å². The van der Waals surface area contributed by atoms with E-state index in [1.54, 1.807) is 0 Å². The Kier molecular flexibility index (Phi) is 4.27. The maximum atomic E-state index is 12.5. The van der Waals surface area contributed by atoms with Crippen LogP contribution in [-0.2, 0) is 4.79 Å². The molecule has 0 N–H and O–H groups in total. The second-order valence-electron chi connectivity index (χ2n) is 5.72. The molecule has 2 unspecified atom stereocenters. The number of carbonyl (C=O) groups is 1. The maximum absolute atomic E-state index is 12.5. The molecule has 1 amide bonds. The van der Waals surface area contributed by atoms with Crippen molar-refractivity contribution >= 4 is 17.5 Å². The van der Waals surface area contributed by atoms with Crippen molar-refractivity contribution in [3.63, 3.8) is 0 Å². The lowest BCUT2D eigenvalue weighted by Gasteiger charge is -2.34. The molecule has 2 fully saturated rings. The highest BCUT2D eigenvalue weighted by atomic mass is 35.5. The predicted octanol–water partition coefficient (Wildman–Crippen LogP) is 2.17. The van der Waals surface area contributed by atoms with E-state index in [1.165, 1.54) is 5.56 Å². The molecule has 2 atom stereocenters. The van der Waals surface area contributed by atoms with E-state index < -0.39 is 0 Å². The fraction of sp³-hybridized carbons (Fsp3) is 0.562. The summed E-state index contributed by atoms with van der Waals surface area (Å²) in [4.78, 5) is 16.9. The third kappa shape index (κ3) is 2.99. The Balaban J connectivity index is 1.52. The van der Waals surface area contributed by atoms with Crippen molar-refractivity contribution in [2.75, 3.05) is 38.6 Å². The lowest BCUT2D eigenvalue weighted by atomic mass is 10.1. The normalized spacial score (nSPS) is 26.6. The van der Waals surface area contributed by atoms with E-state index in [2.05, 4.69) is 29.2 Å². The van der Waals surface area contributed by atoms with Crippen molar-refractivity contribution in [3.05, 3.63) is 35.9 Å². The number of rotatable bonds is 4. The van der Waals surface area contributed by atoms with E-state index in [-0.39, 0.29) is 5.92 Å². The Morgan fingerprint density at radius 1 is 1.15 bits per heavy atom. The number of piperazine rings is 1. The highest BCUT2D eigenvalue weighted by Gasteiger charge is 2.45. The van der Waals surface area contributed by atoms with Gasteiger partial charge in [-0.1, -0.05) is 30.3 Å². The number of hydrogen-bond acceptors (Lipinski definition) is 2. The highest BCUT2D eigenvalue weighted by Crippen LogP contribution is 2.48.